The summed E-state index contributed by atoms with van der Waals surface area (Å²) < 4.78 is 11.3. The average Bonchev–Trinajstić information content (AvgIpc) is 2.74. The molecule has 150 valence electrons. The van der Waals surface area contributed by atoms with E-state index in [0.717, 1.165) is 75.9 Å². The lowest BCUT2D eigenvalue weighted by Gasteiger charge is -2.54. The Labute approximate surface area is 163 Å². The van der Waals surface area contributed by atoms with Crippen LogP contribution in [0.15, 0.2) is 12.4 Å². The summed E-state index contributed by atoms with van der Waals surface area (Å²) in [5.74, 6) is 1.83. The van der Waals surface area contributed by atoms with Gasteiger partial charge in [-0.05, 0) is 38.0 Å². The second-order valence-electron chi connectivity index (χ2n) is 8.50. The van der Waals surface area contributed by atoms with Gasteiger partial charge in [0.25, 0.3) is 0 Å². The molecular weight excluding hydrogens is 340 g/mol. The Balaban J connectivity index is 1.48. The number of anilines is 1. The van der Waals surface area contributed by atoms with Crippen LogP contribution in [0.4, 0.5) is 5.82 Å². The van der Waals surface area contributed by atoms with Gasteiger partial charge in [-0.25, -0.2) is 9.97 Å². The van der Waals surface area contributed by atoms with Crippen LogP contribution in [-0.4, -0.2) is 74.0 Å². The zero-order valence-electron chi connectivity index (χ0n) is 16.9. The second kappa shape index (κ2) is 8.41. The first kappa shape index (κ1) is 19.1. The summed E-state index contributed by atoms with van der Waals surface area (Å²) in [6, 6.07) is 2.89. The summed E-state index contributed by atoms with van der Waals surface area (Å²) in [5.41, 5.74) is 1.38. The molecule has 0 amide bonds. The molecule has 0 aromatic carbocycles. The second-order valence-corrected chi connectivity index (χ2v) is 8.50. The number of morpholine rings is 1. The molecule has 1 aromatic rings. The highest BCUT2D eigenvalue weighted by Gasteiger charge is 2.48. The summed E-state index contributed by atoms with van der Waals surface area (Å²) in [7, 11) is 1.86. The van der Waals surface area contributed by atoms with Gasteiger partial charge in [-0.1, -0.05) is 6.92 Å². The maximum atomic E-state index is 5.76. The van der Waals surface area contributed by atoms with Crippen LogP contribution in [0.25, 0.3) is 0 Å². The zero-order valence-corrected chi connectivity index (χ0v) is 16.9. The van der Waals surface area contributed by atoms with Crippen LogP contribution in [0.3, 0.4) is 0 Å². The molecule has 1 aliphatic carbocycles. The van der Waals surface area contributed by atoms with Crippen molar-refractivity contribution in [2.75, 3.05) is 58.0 Å². The first-order valence-electron chi connectivity index (χ1n) is 10.6. The maximum Gasteiger partial charge on any atom is 0.132 e. The fraction of sp³-hybridized carbons (Fsp3) is 0.810. The summed E-state index contributed by atoms with van der Waals surface area (Å²) in [5, 5.41) is 0. The van der Waals surface area contributed by atoms with E-state index in [4.69, 9.17) is 9.47 Å². The van der Waals surface area contributed by atoms with E-state index in [-0.39, 0.29) is 5.41 Å². The van der Waals surface area contributed by atoms with Gasteiger partial charge >= 0.3 is 0 Å². The number of nitrogens with zero attached hydrogens (tertiary/aromatic N) is 4. The molecule has 3 fully saturated rings. The Bertz CT molecular complexity index is 622. The number of rotatable bonds is 5. The number of hydrogen-bond acceptors (Lipinski definition) is 6. The molecule has 4 rings (SSSR count). The average molecular weight is 375 g/mol. The first-order valence-corrected chi connectivity index (χ1v) is 10.6. The van der Waals surface area contributed by atoms with Crippen LogP contribution >= 0.6 is 0 Å². The van der Waals surface area contributed by atoms with Crippen molar-refractivity contribution in [3.8, 4) is 0 Å². The maximum absolute atomic E-state index is 5.76. The number of aryl methyl sites for hydroxylation is 1. The van der Waals surface area contributed by atoms with Gasteiger partial charge in [0.05, 0.1) is 19.8 Å². The van der Waals surface area contributed by atoms with Crippen LogP contribution in [0.2, 0.25) is 0 Å². The number of aromatic nitrogens is 2. The van der Waals surface area contributed by atoms with Crippen LogP contribution in [0.1, 0.15) is 38.3 Å². The lowest BCUT2D eigenvalue weighted by atomic mass is 9.62. The Morgan fingerprint density at radius 1 is 1.22 bits per heavy atom. The van der Waals surface area contributed by atoms with Gasteiger partial charge in [-0.3, -0.25) is 4.90 Å². The number of fused-ring (bicyclic) bond motifs is 1. The van der Waals surface area contributed by atoms with E-state index in [1.165, 1.54) is 25.7 Å². The molecule has 0 radical (unpaired) electrons. The van der Waals surface area contributed by atoms with Gasteiger partial charge in [-0.2, -0.15) is 0 Å². The summed E-state index contributed by atoms with van der Waals surface area (Å²) in [6.07, 6.45) is 7.74. The van der Waals surface area contributed by atoms with Gasteiger partial charge in [0, 0.05) is 56.5 Å². The van der Waals surface area contributed by atoms with E-state index in [9.17, 15) is 0 Å². The van der Waals surface area contributed by atoms with E-state index in [0.29, 0.717) is 0 Å². The Kier molecular flexibility index (Phi) is 5.95. The van der Waals surface area contributed by atoms with Crippen LogP contribution in [0.5, 0.6) is 0 Å². The molecule has 3 aliphatic rings. The predicted octanol–water partition coefficient (Wildman–Crippen LogP) is 2.38. The monoisotopic (exact) mass is 374 g/mol. The SMILES string of the molecule is CCc1cc(N2CC[C@@H]3C[C@H](N4CCOCC4)CC[C@@]3(COC)C2)ncn1. The number of piperidine rings is 1. The zero-order chi connectivity index (χ0) is 18.7. The normalized spacial score (nSPS) is 32.3. The minimum absolute atomic E-state index is 0.257. The van der Waals surface area contributed by atoms with E-state index < -0.39 is 0 Å². The smallest absolute Gasteiger partial charge is 0.132 e. The van der Waals surface area contributed by atoms with Gasteiger partial charge in [-0.15, -0.1) is 0 Å². The minimum atomic E-state index is 0.257. The molecule has 27 heavy (non-hydrogen) atoms. The van der Waals surface area contributed by atoms with Crippen molar-refractivity contribution >= 4 is 5.82 Å². The highest BCUT2D eigenvalue weighted by atomic mass is 16.5. The molecule has 3 atom stereocenters. The van der Waals surface area contributed by atoms with Crippen LogP contribution in [0, 0.1) is 11.3 Å². The van der Waals surface area contributed by atoms with E-state index >= 15 is 0 Å². The van der Waals surface area contributed by atoms with Crippen LogP contribution in [-0.2, 0) is 15.9 Å². The summed E-state index contributed by atoms with van der Waals surface area (Å²) in [4.78, 5) is 14.1. The Morgan fingerprint density at radius 3 is 2.85 bits per heavy atom. The number of hydrogen-bond donors (Lipinski definition) is 0. The van der Waals surface area contributed by atoms with E-state index in [1.54, 1.807) is 6.33 Å². The quantitative estimate of drug-likeness (QED) is 0.789. The van der Waals surface area contributed by atoms with Crippen molar-refractivity contribution < 1.29 is 9.47 Å². The first-order chi connectivity index (χ1) is 13.2. The molecule has 2 saturated heterocycles. The topological polar surface area (TPSA) is 50.7 Å². The van der Waals surface area contributed by atoms with Crippen molar-refractivity contribution in [1.82, 2.24) is 14.9 Å². The molecule has 0 bridgehead atoms. The van der Waals surface area contributed by atoms with Gasteiger partial charge < -0.3 is 14.4 Å². The number of methoxy groups -OCH3 is 1. The molecule has 0 N–H and O–H groups in total. The third-order valence-corrected chi connectivity index (χ3v) is 7.04. The number of ether oxygens (including phenoxy) is 2. The Morgan fingerprint density at radius 2 is 2.07 bits per heavy atom. The molecular formula is C21H34N4O2. The highest BCUT2D eigenvalue weighted by Crippen LogP contribution is 2.48. The molecule has 3 heterocycles. The largest absolute Gasteiger partial charge is 0.384 e. The van der Waals surface area contributed by atoms with Crippen molar-refractivity contribution in [3.63, 3.8) is 0 Å². The molecule has 1 aromatic heterocycles. The van der Waals surface area contributed by atoms with Gasteiger partial charge in [0.2, 0.25) is 0 Å². The minimum Gasteiger partial charge on any atom is -0.384 e. The van der Waals surface area contributed by atoms with Gasteiger partial charge in [0.15, 0.2) is 0 Å². The fourth-order valence-electron chi connectivity index (χ4n) is 5.50. The molecule has 0 spiro atoms. The molecule has 2 aliphatic heterocycles. The predicted molar refractivity (Wildman–Crippen MR) is 106 cm³/mol. The van der Waals surface area contributed by atoms with Crippen molar-refractivity contribution in [1.29, 1.82) is 0 Å². The van der Waals surface area contributed by atoms with E-state index in [2.05, 4.69) is 32.8 Å². The molecule has 6 heteroatoms. The Hall–Kier alpha value is -1.24. The fourth-order valence-corrected chi connectivity index (χ4v) is 5.50. The summed E-state index contributed by atoms with van der Waals surface area (Å²) >= 11 is 0. The van der Waals surface area contributed by atoms with Gasteiger partial charge in [0.1, 0.15) is 12.1 Å². The summed E-state index contributed by atoms with van der Waals surface area (Å²) in [6.45, 7) is 9.14. The lowest BCUT2D eigenvalue weighted by molar-refractivity contribution is -0.0540. The van der Waals surface area contributed by atoms with Crippen LogP contribution < -0.4 is 4.90 Å². The third-order valence-electron chi connectivity index (χ3n) is 7.04. The van der Waals surface area contributed by atoms with Crippen molar-refractivity contribution in [2.45, 2.75) is 45.1 Å². The highest BCUT2D eigenvalue weighted by molar-refractivity contribution is 5.40. The lowest BCUT2D eigenvalue weighted by Crippen LogP contribution is -2.57. The molecule has 0 unspecified atom stereocenters. The molecule has 1 saturated carbocycles. The van der Waals surface area contributed by atoms with E-state index in [1.807, 2.05) is 7.11 Å². The molecule has 6 nitrogen and oxygen atoms in total. The third kappa shape index (κ3) is 3.98. The van der Waals surface area contributed by atoms with Crippen molar-refractivity contribution in [2.24, 2.45) is 11.3 Å². The standard InChI is InChI=1S/C21H34N4O2/c1-3-18-13-20(23-16-22-18)25-7-5-17-12-19(24-8-10-27-11-9-24)4-6-21(17,14-25)15-26-2/h13,16-17,19H,3-12,14-15H2,1-2H3/t17-,19-,21+/m1/s1. The van der Waals surface area contributed by atoms with Crippen molar-refractivity contribution in [3.05, 3.63) is 18.1 Å².